The van der Waals surface area contributed by atoms with Crippen LogP contribution in [-0.4, -0.2) is 49.7 Å². The summed E-state index contributed by atoms with van der Waals surface area (Å²) in [5, 5.41) is 0. The second kappa shape index (κ2) is 7.94. The van der Waals surface area contributed by atoms with Gasteiger partial charge in [0, 0.05) is 6.54 Å². The maximum atomic E-state index is 14.7. The summed E-state index contributed by atoms with van der Waals surface area (Å²) in [6, 6.07) is 2.79. The lowest BCUT2D eigenvalue weighted by molar-refractivity contribution is -0.153. The molecule has 0 aromatic carbocycles. The van der Waals surface area contributed by atoms with Crippen LogP contribution >= 0.6 is 15.9 Å². The summed E-state index contributed by atoms with van der Waals surface area (Å²) in [5.74, 6) is -0.696. The third-order valence-electron chi connectivity index (χ3n) is 4.58. The molecule has 0 saturated heterocycles. The highest BCUT2D eigenvalue weighted by Crippen LogP contribution is 2.36. The van der Waals surface area contributed by atoms with Gasteiger partial charge in [0.15, 0.2) is 0 Å². The Morgan fingerprint density at radius 1 is 1.38 bits per heavy atom. The minimum Gasteiger partial charge on any atom is -0.460 e. The Kier molecular flexibility index (Phi) is 6.06. The number of halogens is 2. The van der Waals surface area contributed by atoms with Gasteiger partial charge in [0.2, 0.25) is 0 Å². The smallest absolute Gasteiger partial charge is 0.313 e. The molecule has 0 radical (unpaired) electrons. The van der Waals surface area contributed by atoms with Gasteiger partial charge in [0.05, 0.1) is 12.3 Å². The van der Waals surface area contributed by atoms with E-state index in [9.17, 15) is 13.4 Å². The zero-order chi connectivity index (χ0) is 21.4. The van der Waals surface area contributed by atoms with Crippen molar-refractivity contribution < 1.29 is 18.1 Å². The Labute approximate surface area is 179 Å². The lowest BCUT2D eigenvalue weighted by atomic mass is 9.99. The summed E-state index contributed by atoms with van der Waals surface area (Å²) >= 11 is 3.26. The van der Waals surface area contributed by atoms with Crippen molar-refractivity contribution in [1.82, 2.24) is 9.29 Å². The van der Waals surface area contributed by atoms with Crippen LogP contribution in [0.3, 0.4) is 0 Å². The van der Waals surface area contributed by atoms with Gasteiger partial charge < -0.3 is 4.74 Å². The number of hydrogen-bond donors (Lipinski definition) is 0. The zero-order valence-electron chi connectivity index (χ0n) is 17.1. The van der Waals surface area contributed by atoms with E-state index in [1.165, 1.54) is 12.1 Å². The monoisotopic (exact) mass is 488 g/mol. The predicted molar refractivity (Wildman–Crippen MR) is 113 cm³/mol. The molecular weight excluding hydrogens is 463 g/mol. The van der Waals surface area contributed by atoms with Gasteiger partial charge in [-0.15, -0.1) is 0 Å². The number of rotatable bonds is 3. The lowest BCUT2D eigenvalue weighted by Gasteiger charge is -2.39. The zero-order valence-corrected chi connectivity index (χ0v) is 19.5. The first-order valence-electron chi connectivity index (χ1n) is 9.53. The average Bonchev–Trinajstić information content (AvgIpc) is 2.76. The number of carbonyl (C=O) groups is 1. The SMILES string of the molecule is CC(C)(C)OC(=O)CC1=N[C@](C)(c2nc(Br)ccc2F)C[S@]2(=O)=NCCCCN12. The molecular formula is C19H26BrFN4O3S. The van der Waals surface area contributed by atoms with E-state index in [1.54, 1.807) is 32.0 Å². The van der Waals surface area contributed by atoms with Crippen molar-refractivity contribution in [2.45, 2.75) is 58.1 Å². The number of carbonyl (C=O) groups excluding carboxylic acids is 1. The molecule has 1 aromatic rings. The fourth-order valence-electron chi connectivity index (χ4n) is 3.49. The molecule has 0 aliphatic carbocycles. The van der Waals surface area contributed by atoms with Gasteiger partial charge in [-0.2, -0.15) is 0 Å². The van der Waals surface area contributed by atoms with Gasteiger partial charge in [-0.1, -0.05) is 0 Å². The average molecular weight is 489 g/mol. The summed E-state index contributed by atoms with van der Waals surface area (Å²) in [6.07, 6.45) is 1.43. The lowest BCUT2D eigenvalue weighted by Crippen LogP contribution is -2.50. The van der Waals surface area contributed by atoms with Crippen LogP contribution in [0.1, 0.15) is 52.7 Å². The Bertz CT molecular complexity index is 969. The maximum absolute atomic E-state index is 14.7. The molecule has 3 rings (SSSR count). The van der Waals surface area contributed by atoms with Crippen LogP contribution in [0, 0.1) is 5.82 Å². The molecule has 10 heteroatoms. The minimum atomic E-state index is -2.89. The van der Waals surface area contributed by atoms with Crippen LogP contribution in [0.15, 0.2) is 26.1 Å². The molecule has 2 atom stereocenters. The number of esters is 1. The molecule has 1 aromatic heterocycles. The predicted octanol–water partition coefficient (Wildman–Crippen LogP) is 3.82. The van der Waals surface area contributed by atoms with Crippen molar-refractivity contribution in [3.05, 3.63) is 28.2 Å². The Balaban J connectivity index is 2.10. The molecule has 0 bridgehead atoms. The third-order valence-corrected chi connectivity index (χ3v) is 7.63. The summed E-state index contributed by atoms with van der Waals surface area (Å²) < 4.78 is 40.4. The second-order valence-corrected chi connectivity index (χ2v) is 11.5. The van der Waals surface area contributed by atoms with E-state index in [1.807, 2.05) is 0 Å². The van der Waals surface area contributed by atoms with Crippen LogP contribution in [0.2, 0.25) is 0 Å². The summed E-state index contributed by atoms with van der Waals surface area (Å²) in [4.78, 5) is 21.5. The number of aromatic nitrogens is 1. The topological polar surface area (TPSA) is 84.2 Å². The maximum Gasteiger partial charge on any atom is 0.313 e. The molecule has 7 nitrogen and oxygen atoms in total. The van der Waals surface area contributed by atoms with E-state index in [0.717, 1.165) is 12.8 Å². The summed E-state index contributed by atoms with van der Waals surface area (Å²) in [7, 11) is -2.89. The van der Waals surface area contributed by atoms with E-state index < -0.39 is 32.8 Å². The Hall–Kier alpha value is -1.55. The van der Waals surface area contributed by atoms with Crippen LogP contribution < -0.4 is 0 Å². The molecule has 0 unspecified atom stereocenters. The quantitative estimate of drug-likeness (QED) is 0.478. The molecule has 3 heterocycles. The number of aliphatic imine (C=N–C) groups is 1. The largest absolute Gasteiger partial charge is 0.460 e. The van der Waals surface area contributed by atoms with Crippen LogP contribution in [0.4, 0.5) is 4.39 Å². The molecule has 160 valence electrons. The first kappa shape index (κ1) is 22.1. The van der Waals surface area contributed by atoms with E-state index in [-0.39, 0.29) is 17.9 Å². The molecule has 29 heavy (non-hydrogen) atoms. The normalized spacial score (nSPS) is 27.4. The molecule has 2 aliphatic rings. The summed E-state index contributed by atoms with van der Waals surface area (Å²) in [6.45, 7) is 7.97. The van der Waals surface area contributed by atoms with Gasteiger partial charge in [-0.05, 0) is 68.6 Å². The highest BCUT2D eigenvalue weighted by Gasteiger charge is 2.44. The van der Waals surface area contributed by atoms with Gasteiger partial charge in [-0.25, -0.2) is 17.9 Å². The van der Waals surface area contributed by atoms with Crippen molar-refractivity contribution in [2.75, 3.05) is 18.8 Å². The molecule has 2 aliphatic heterocycles. The van der Waals surface area contributed by atoms with E-state index >= 15 is 0 Å². The van der Waals surface area contributed by atoms with E-state index in [2.05, 4.69) is 25.3 Å². The first-order valence-corrected chi connectivity index (χ1v) is 12.0. The van der Waals surface area contributed by atoms with Crippen molar-refractivity contribution in [2.24, 2.45) is 9.36 Å². The summed E-state index contributed by atoms with van der Waals surface area (Å²) in [5.41, 5.74) is -1.79. The molecule has 0 N–H and O–H groups in total. The number of ether oxygens (including phenoxy) is 1. The van der Waals surface area contributed by atoms with E-state index in [4.69, 9.17) is 9.73 Å². The first-order chi connectivity index (χ1) is 13.4. The highest BCUT2D eigenvalue weighted by molar-refractivity contribution is 9.10. The number of hydrogen-bond acceptors (Lipinski definition) is 6. The molecule has 0 amide bonds. The van der Waals surface area contributed by atoms with Crippen LogP contribution in [0.5, 0.6) is 0 Å². The fourth-order valence-corrected chi connectivity index (χ4v) is 6.39. The Morgan fingerprint density at radius 3 is 2.79 bits per heavy atom. The van der Waals surface area contributed by atoms with Gasteiger partial charge in [0.25, 0.3) is 0 Å². The van der Waals surface area contributed by atoms with Gasteiger partial charge in [-0.3, -0.25) is 14.1 Å². The number of amidine groups is 1. The minimum absolute atomic E-state index is 0.0121. The highest BCUT2D eigenvalue weighted by atomic mass is 79.9. The van der Waals surface area contributed by atoms with Gasteiger partial charge >= 0.3 is 5.97 Å². The van der Waals surface area contributed by atoms with Crippen LogP contribution in [0.25, 0.3) is 0 Å². The molecule has 0 saturated carbocycles. The van der Waals surface area contributed by atoms with E-state index in [0.29, 0.717) is 23.5 Å². The second-order valence-electron chi connectivity index (χ2n) is 8.44. The standard InChI is InChI=1S/C19H26BrFN4O3S/c1-18(2,3)28-16(26)11-15-24-19(4,17-13(21)7-8-14(20)23-17)12-29(27)22-9-5-6-10-25(15)29/h7-8H,5-6,9-12H2,1-4H3/t19-,29-/m0/s1. The fraction of sp³-hybridized carbons (Fsp3) is 0.632. The molecule has 0 spiro atoms. The third kappa shape index (κ3) is 4.96. The van der Waals surface area contributed by atoms with Crippen molar-refractivity contribution in [3.63, 3.8) is 0 Å². The molecule has 0 fully saturated rings. The van der Waals surface area contributed by atoms with Crippen molar-refractivity contribution in [1.29, 1.82) is 0 Å². The number of pyridine rings is 1. The number of fused-ring (bicyclic) bond motifs is 1. The Morgan fingerprint density at radius 2 is 2.10 bits per heavy atom. The van der Waals surface area contributed by atoms with Gasteiger partial charge in [0.1, 0.15) is 49.4 Å². The van der Waals surface area contributed by atoms with Crippen molar-refractivity contribution >= 4 is 37.6 Å². The number of nitrogens with zero attached hydrogens (tertiary/aromatic N) is 4. The van der Waals surface area contributed by atoms with Crippen LogP contribution in [-0.2, 0) is 25.0 Å². The van der Waals surface area contributed by atoms with Crippen molar-refractivity contribution in [3.8, 4) is 0 Å².